The fraction of sp³-hybridized carbons (Fsp3) is 0.667. The lowest BCUT2D eigenvalue weighted by atomic mass is 10.1. The number of nitrogens with zero attached hydrogens (tertiary/aromatic N) is 1. The topological polar surface area (TPSA) is 15.3 Å². The van der Waals surface area contributed by atoms with Crippen molar-refractivity contribution in [2.45, 2.75) is 65.6 Å². The van der Waals surface area contributed by atoms with Gasteiger partial charge in [-0.3, -0.25) is 4.90 Å². The van der Waals surface area contributed by atoms with Crippen LogP contribution in [0.5, 0.6) is 0 Å². The molecule has 0 fully saturated rings. The van der Waals surface area contributed by atoms with Gasteiger partial charge in [0.1, 0.15) is 0 Å². The maximum atomic E-state index is 3.59. The van der Waals surface area contributed by atoms with Gasteiger partial charge in [0.25, 0.3) is 0 Å². The van der Waals surface area contributed by atoms with Gasteiger partial charge in [0.2, 0.25) is 0 Å². The first kappa shape index (κ1) is 15.5. The van der Waals surface area contributed by atoms with E-state index in [9.17, 15) is 0 Å². The lowest BCUT2D eigenvalue weighted by Gasteiger charge is -2.30. The Bertz CT molecular complexity index is 415. The molecule has 0 unspecified atom stereocenters. The second kappa shape index (κ2) is 7.24. The van der Waals surface area contributed by atoms with Gasteiger partial charge in [-0.25, -0.2) is 0 Å². The normalized spacial score (nSPS) is 14.6. The van der Waals surface area contributed by atoms with Crippen molar-refractivity contribution in [1.82, 2.24) is 10.2 Å². The first-order chi connectivity index (χ1) is 9.58. The minimum absolute atomic E-state index is 0.622. The van der Waals surface area contributed by atoms with Gasteiger partial charge in [-0.2, -0.15) is 0 Å². The van der Waals surface area contributed by atoms with Crippen LogP contribution in [0.1, 0.15) is 50.8 Å². The Morgan fingerprint density at radius 2 is 1.75 bits per heavy atom. The van der Waals surface area contributed by atoms with E-state index in [0.29, 0.717) is 12.1 Å². The van der Waals surface area contributed by atoms with E-state index < -0.39 is 0 Å². The van der Waals surface area contributed by atoms with Crippen LogP contribution < -0.4 is 5.32 Å². The fourth-order valence-electron chi connectivity index (χ4n) is 3.29. The molecule has 1 aliphatic carbocycles. The molecule has 0 saturated carbocycles. The molecule has 1 aromatic rings. The van der Waals surface area contributed by atoms with Crippen LogP contribution in [0, 0.1) is 0 Å². The van der Waals surface area contributed by atoms with E-state index in [-0.39, 0.29) is 0 Å². The van der Waals surface area contributed by atoms with Gasteiger partial charge >= 0.3 is 0 Å². The summed E-state index contributed by atoms with van der Waals surface area (Å²) in [6, 6.07) is 8.26. The van der Waals surface area contributed by atoms with Crippen LogP contribution in [-0.4, -0.2) is 30.1 Å². The van der Waals surface area contributed by atoms with Crippen molar-refractivity contribution in [2.24, 2.45) is 0 Å². The fourth-order valence-corrected chi connectivity index (χ4v) is 3.29. The number of hydrogen-bond donors (Lipinski definition) is 1. The summed E-state index contributed by atoms with van der Waals surface area (Å²) >= 11 is 0. The predicted molar refractivity (Wildman–Crippen MR) is 87.2 cm³/mol. The Morgan fingerprint density at radius 3 is 2.45 bits per heavy atom. The lowest BCUT2D eigenvalue weighted by molar-refractivity contribution is 0.176. The third kappa shape index (κ3) is 4.07. The van der Waals surface area contributed by atoms with Crippen LogP contribution in [-0.2, 0) is 19.4 Å². The Labute approximate surface area is 124 Å². The predicted octanol–water partition coefficient (Wildman–Crippen LogP) is 3.38. The van der Waals surface area contributed by atoms with Crippen LogP contribution in [0.25, 0.3) is 0 Å². The van der Waals surface area contributed by atoms with Gasteiger partial charge in [-0.1, -0.05) is 18.2 Å². The van der Waals surface area contributed by atoms with Gasteiger partial charge in [0, 0.05) is 31.7 Å². The molecule has 0 atom stereocenters. The molecule has 0 heterocycles. The first-order valence-corrected chi connectivity index (χ1v) is 8.15. The molecular formula is C18H30N2. The SMILES string of the molecule is CC(C)N(CCNCc1ccc2c(c1)CCC2)C(C)C. The van der Waals surface area contributed by atoms with Crippen LogP contribution in [0.15, 0.2) is 18.2 Å². The zero-order valence-electron chi connectivity index (χ0n) is 13.6. The molecule has 0 saturated heterocycles. The van der Waals surface area contributed by atoms with E-state index in [0.717, 1.165) is 19.6 Å². The van der Waals surface area contributed by atoms with E-state index in [4.69, 9.17) is 0 Å². The van der Waals surface area contributed by atoms with Gasteiger partial charge in [0.05, 0.1) is 0 Å². The Hall–Kier alpha value is -0.860. The summed E-state index contributed by atoms with van der Waals surface area (Å²) in [7, 11) is 0. The third-order valence-corrected chi connectivity index (χ3v) is 4.37. The molecule has 1 aliphatic rings. The van der Waals surface area contributed by atoms with Gasteiger partial charge in [-0.05, 0) is 63.6 Å². The second-order valence-electron chi connectivity index (χ2n) is 6.56. The van der Waals surface area contributed by atoms with Crippen LogP contribution in [0.3, 0.4) is 0 Å². The summed E-state index contributed by atoms with van der Waals surface area (Å²) in [5, 5.41) is 3.59. The average molecular weight is 274 g/mol. The highest BCUT2D eigenvalue weighted by atomic mass is 15.2. The van der Waals surface area contributed by atoms with Gasteiger partial charge < -0.3 is 5.32 Å². The quantitative estimate of drug-likeness (QED) is 0.767. The van der Waals surface area contributed by atoms with Gasteiger partial charge in [0.15, 0.2) is 0 Å². The maximum Gasteiger partial charge on any atom is 0.0206 e. The van der Waals surface area contributed by atoms with E-state index in [1.54, 1.807) is 11.1 Å². The molecule has 0 spiro atoms. The van der Waals surface area contributed by atoms with Crippen molar-refractivity contribution in [3.63, 3.8) is 0 Å². The first-order valence-electron chi connectivity index (χ1n) is 8.15. The third-order valence-electron chi connectivity index (χ3n) is 4.37. The largest absolute Gasteiger partial charge is 0.311 e. The molecule has 0 bridgehead atoms. The molecule has 20 heavy (non-hydrogen) atoms. The molecule has 1 N–H and O–H groups in total. The zero-order valence-corrected chi connectivity index (χ0v) is 13.6. The number of nitrogens with one attached hydrogen (secondary N) is 1. The van der Waals surface area contributed by atoms with Crippen LogP contribution >= 0.6 is 0 Å². The molecule has 2 nitrogen and oxygen atoms in total. The summed E-state index contributed by atoms with van der Waals surface area (Å²) in [6.07, 6.45) is 3.89. The zero-order chi connectivity index (χ0) is 14.5. The molecule has 0 aromatic heterocycles. The average Bonchev–Trinajstić information content (AvgIpc) is 2.84. The lowest BCUT2D eigenvalue weighted by Crippen LogP contribution is -2.41. The molecule has 112 valence electrons. The maximum absolute atomic E-state index is 3.59. The highest BCUT2D eigenvalue weighted by Crippen LogP contribution is 2.22. The highest BCUT2D eigenvalue weighted by molar-refractivity contribution is 5.35. The van der Waals surface area contributed by atoms with Crippen molar-refractivity contribution < 1.29 is 0 Å². The van der Waals surface area contributed by atoms with Crippen molar-refractivity contribution >= 4 is 0 Å². The van der Waals surface area contributed by atoms with Crippen LogP contribution in [0.2, 0.25) is 0 Å². The van der Waals surface area contributed by atoms with E-state index in [1.165, 1.54) is 24.8 Å². The Morgan fingerprint density at radius 1 is 1.05 bits per heavy atom. The summed E-state index contributed by atoms with van der Waals surface area (Å²) in [5.74, 6) is 0. The van der Waals surface area contributed by atoms with E-state index in [1.807, 2.05) is 0 Å². The minimum Gasteiger partial charge on any atom is -0.311 e. The molecule has 2 heteroatoms. The van der Waals surface area contributed by atoms with Crippen molar-refractivity contribution in [2.75, 3.05) is 13.1 Å². The minimum atomic E-state index is 0.622. The summed E-state index contributed by atoms with van der Waals surface area (Å²) < 4.78 is 0. The Balaban J connectivity index is 1.76. The molecule has 0 radical (unpaired) electrons. The highest BCUT2D eigenvalue weighted by Gasteiger charge is 2.13. The summed E-state index contributed by atoms with van der Waals surface area (Å²) in [5.41, 5.74) is 4.58. The summed E-state index contributed by atoms with van der Waals surface area (Å²) in [4.78, 5) is 2.54. The molecule has 0 aliphatic heterocycles. The summed E-state index contributed by atoms with van der Waals surface area (Å²) in [6.45, 7) is 12.3. The monoisotopic (exact) mass is 274 g/mol. The van der Waals surface area contributed by atoms with E-state index in [2.05, 4.69) is 56.1 Å². The Kier molecular flexibility index (Phi) is 5.62. The number of aryl methyl sites for hydroxylation is 2. The van der Waals surface area contributed by atoms with E-state index >= 15 is 0 Å². The number of benzene rings is 1. The smallest absolute Gasteiger partial charge is 0.0206 e. The molecule has 1 aromatic carbocycles. The number of rotatable bonds is 7. The van der Waals surface area contributed by atoms with Crippen molar-refractivity contribution in [3.8, 4) is 0 Å². The molecular weight excluding hydrogens is 244 g/mol. The molecule has 2 rings (SSSR count). The number of fused-ring (bicyclic) bond motifs is 1. The standard InChI is InChI=1S/C18H30N2/c1-14(2)20(15(3)4)11-10-19-13-16-8-9-17-6-5-7-18(17)12-16/h8-9,12,14-15,19H,5-7,10-11,13H2,1-4H3. The molecule has 0 amide bonds. The van der Waals surface area contributed by atoms with Gasteiger partial charge in [-0.15, -0.1) is 0 Å². The van der Waals surface area contributed by atoms with Crippen LogP contribution in [0.4, 0.5) is 0 Å². The number of hydrogen-bond acceptors (Lipinski definition) is 2. The second-order valence-corrected chi connectivity index (χ2v) is 6.56. The van der Waals surface area contributed by atoms with Crippen molar-refractivity contribution in [1.29, 1.82) is 0 Å². The van der Waals surface area contributed by atoms with Crippen molar-refractivity contribution in [3.05, 3.63) is 34.9 Å².